The SMILES string of the molecule is CN(Cc1cc[nH]c1)CC(C)(C)CC(=O)O. The van der Waals surface area contributed by atoms with Gasteiger partial charge in [-0.25, -0.2) is 0 Å². The maximum Gasteiger partial charge on any atom is 0.303 e. The van der Waals surface area contributed by atoms with Gasteiger partial charge in [-0.15, -0.1) is 0 Å². The van der Waals surface area contributed by atoms with Crippen molar-refractivity contribution in [2.24, 2.45) is 5.41 Å². The Labute approximate surface area is 96.3 Å². The van der Waals surface area contributed by atoms with E-state index in [9.17, 15) is 4.79 Å². The second-order valence-corrected chi connectivity index (χ2v) is 5.13. The van der Waals surface area contributed by atoms with E-state index in [1.54, 1.807) is 0 Å². The Kier molecular flexibility index (Phi) is 4.12. The molecule has 90 valence electrons. The zero-order valence-electron chi connectivity index (χ0n) is 10.2. The van der Waals surface area contributed by atoms with Gasteiger partial charge in [-0.1, -0.05) is 13.8 Å². The van der Waals surface area contributed by atoms with E-state index >= 15 is 0 Å². The molecule has 0 aliphatic heterocycles. The average Bonchev–Trinajstić information content (AvgIpc) is 2.51. The van der Waals surface area contributed by atoms with Crippen LogP contribution in [0.25, 0.3) is 0 Å². The lowest BCUT2D eigenvalue weighted by molar-refractivity contribution is -0.139. The van der Waals surface area contributed by atoms with Crippen molar-refractivity contribution in [3.05, 3.63) is 24.0 Å². The molecule has 0 amide bonds. The third-order valence-corrected chi connectivity index (χ3v) is 2.44. The first-order valence-corrected chi connectivity index (χ1v) is 5.41. The smallest absolute Gasteiger partial charge is 0.303 e. The lowest BCUT2D eigenvalue weighted by Crippen LogP contribution is -2.32. The first-order chi connectivity index (χ1) is 7.39. The number of H-pyrrole nitrogens is 1. The summed E-state index contributed by atoms with van der Waals surface area (Å²) in [4.78, 5) is 15.8. The molecule has 16 heavy (non-hydrogen) atoms. The number of nitrogens with one attached hydrogen (secondary N) is 1. The molecular weight excluding hydrogens is 204 g/mol. The van der Waals surface area contributed by atoms with E-state index in [1.165, 1.54) is 5.56 Å². The van der Waals surface area contributed by atoms with E-state index in [0.29, 0.717) is 0 Å². The minimum Gasteiger partial charge on any atom is -0.481 e. The summed E-state index contributed by atoms with van der Waals surface area (Å²) in [6, 6.07) is 2.03. The predicted octanol–water partition coefficient (Wildman–Crippen LogP) is 1.95. The molecule has 0 aliphatic carbocycles. The quantitative estimate of drug-likeness (QED) is 0.776. The van der Waals surface area contributed by atoms with Crippen molar-refractivity contribution in [1.82, 2.24) is 9.88 Å². The van der Waals surface area contributed by atoms with Crippen LogP contribution in [0.4, 0.5) is 0 Å². The molecule has 0 atom stereocenters. The van der Waals surface area contributed by atoms with Crippen molar-refractivity contribution in [2.75, 3.05) is 13.6 Å². The summed E-state index contributed by atoms with van der Waals surface area (Å²) >= 11 is 0. The van der Waals surface area contributed by atoms with Crippen LogP contribution in [0.3, 0.4) is 0 Å². The first-order valence-electron chi connectivity index (χ1n) is 5.41. The fourth-order valence-electron chi connectivity index (χ4n) is 2.02. The molecule has 0 bridgehead atoms. The second-order valence-electron chi connectivity index (χ2n) is 5.13. The number of nitrogens with zero attached hydrogens (tertiary/aromatic N) is 1. The number of aromatic nitrogens is 1. The summed E-state index contributed by atoms with van der Waals surface area (Å²) in [5.41, 5.74) is 1.02. The molecule has 0 fully saturated rings. The van der Waals surface area contributed by atoms with Gasteiger partial charge in [0.1, 0.15) is 0 Å². The molecule has 0 saturated carbocycles. The van der Waals surface area contributed by atoms with Crippen molar-refractivity contribution >= 4 is 5.97 Å². The highest BCUT2D eigenvalue weighted by Crippen LogP contribution is 2.21. The molecule has 1 heterocycles. The van der Waals surface area contributed by atoms with Crippen molar-refractivity contribution < 1.29 is 9.90 Å². The number of rotatable bonds is 6. The Morgan fingerprint density at radius 3 is 2.75 bits per heavy atom. The number of hydrogen-bond donors (Lipinski definition) is 2. The van der Waals surface area contributed by atoms with Gasteiger partial charge in [0.05, 0.1) is 6.42 Å². The average molecular weight is 224 g/mol. The van der Waals surface area contributed by atoms with Crippen molar-refractivity contribution in [1.29, 1.82) is 0 Å². The number of carboxylic acids is 1. The van der Waals surface area contributed by atoms with Crippen LogP contribution in [0.5, 0.6) is 0 Å². The maximum absolute atomic E-state index is 10.7. The minimum absolute atomic E-state index is 0.198. The lowest BCUT2D eigenvalue weighted by Gasteiger charge is -2.28. The lowest BCUT2D eigenvalue weighted by atomic mass is 9.89. The van der Waals surface area contributed by atoms with Gasteiger partial charge < -0.3 is 15.0 Å². The van der Waals surface area contributed by atoms with Gasteiger partial charge in [0.25, 0.3) is 0 Å². The molecule has 4 heteroatoms. The minimum atomic E-state index is -0.736. The van der Waals surface area contributed by atoms with Crippen LogP contribution in [0.2, 0.25) is 0 Å². The Morgan fingerprint density at radius 1 is 1.56 bits per heavy atom. The highest BCUT2D eigenvalue weighted by molar-refractivity contribution is 5.67. The number of carboxylic acid groups (broad SMARTS) is 1. The van der Waals surface area contributed by atoms with Crippen LogP contribution < -0.4 is 0 Å². The van der Waals surface area contributed by atoms with Crippen molar-refractivity contribution in [3.63, 3.8) is 0 Å². The third-order valence-electron chi connectivity index (χ3n) is 2.44. The van der Waals surface area contributed by atoms with E-state index < -0.39 is 5.97 Å². The Morgan fingerprint density at radius 2 is 2.25 bits per heavy atom. The third kappa shape index (κ3) is 4.49. The molecule has 0 spiro atoms. The molecule has 0 aliphatic rings. The van der Waals surface area contributed by atoms with Crippen molar-refractivity contribution in [2.45, 2.75) is 26.8 Å². The predicted molar refractivity (Wildman–Crippen MR) is 63.2 cm³/mol. The summed E-state index contributed by atoms with van der Waals surface area (Å²) in [5.74, 6) is -0.736. The van der Waals surface area contributed by atoms with E-state index in [2.05, 4.69) is 9.88 Å². The fourth-order valence-corrected chi connectivity index (χ4v) is 2.02. The van der Waals surface area contributed by atoms with Crippen LogP contribution in [0.1, 0.15) is 25.8 Å². The highest BCUT2D eigenvalue weighted by atomic mass is 16.4. The van der Waals surface area contributed by atoms with Crippen LogP contribution in [-0.2, 0) is 11.3 Å². The Balaban J connectivity index is 2.44. The van der Waals surface area contributed by atoms with Crippen LogP contribution in [0.15, 0.2) is 18.5 Å². The monoisotopic (exact) mass is 224 g/mol. The topological polar surface area (TPSA) is 56.3 Å². The Bertz CT molecular complexity index is 331. The molecule has 0 radical (unpaired) electrons. The molecule has 1 aromatic heterocycles. The molecule has 1 aromatic rings. The second kappa shape index (κ2) is 5.16. The number of aromatic amines is 1. The molecule has 0 unspecified atom stereocenters. The normalized spacial score (nSPS) is 12.0. The van der Waals surface area contributed by atoms with Crippen LogP contribution in [0, 0.1) is 5.41 Å². The largest absolute Gasteiger partial charge is 0.481 e. The van der Waals surface area contributed by atoms with Crippen LogP contribution in [-0.4, -0.2) is 34.6 Å². The number of aliphatic carboxylic acids is 1. The molecule has 1 rings (SSSR count). The molecule has 2 N–H and O–H groups in total. The van der Waals surface area contributed by atoms with E-state index in [0.717, 1.165) is 13.1 Å². The molecule has 0 aromatic carbocycles. The number of hydrogen-bond acceptors (Lipinski definition) is 2. The van der Waals surface area contributed by atoms with Gasteiger partial charge in [0, 0.05) is 25.5 Å². The van der Waals surface area contributed by atoms with Gasteiger partial charge in [-0.05, 0) is 24.1 Å². The van der Waals surface area contributed by atoms with Gasteiger partial charge >= 0.3 is 5.97 Å². The first kappa shape index (κ1) is 12.8. The van der Waals surface area contributed by atoms with E-state index in [4.69, 9.17) is 5.11 Å². The summed E-state index contributed by atoms with van der Waals surface area (Å²) in [6.45, 7) is 5.57. The molecular formula is C12H20N2O2. The maximum atomic E-state index is 10.7. The number of carbonyl (C=O) groups is 1. The summed E-state index contributed by atoms with van der Waals surface area (Å²) in [6.07, 6.45) is 4.05. The summed E-state index contributed by atoms with van der Waals surface area (Å²) in [7, 11) is 2.01. The Hall–Kier alpha value is -1.29. The van der Waals surface area contributed by atoms with Gasteiger partial charge in [0.2, 0.25) is 0 Å². The van der Waals surface area contributed by atoms with E-state index in [-0.39, 0.29) is 11.8 Å². The van der Waals surface area contributed by atoms with Gasteiger partial charge in [0.15, 0.2) is 0 Å². The zero-order valence-corrected chi connectivity index (χ0v) is 10.2. The van der Waals surface area contributed by atoms with Gasteiger partial charge in [-0.3, -0.25) is 4.79 Å². The van der Waals surface area contributed by atoms with Crippen molar-refractivity contribution in [3.8, 4) is 0 Å². The summed E-state index contributed by atoms with van der Waals surface area (Å²) in [5, 5.41) is 8.80. The van der Waals surface area contributed by atoms with Gasteiger partial charge in [-0.2, -0.15) is 0 Å². The highest BCUT2D eigenvalue weighted by Gasteiger charge is 2.23. The molecule has 4 nitrogen and oxygen atoms in total. The standard InChI is InChI=1S/C12H20N2O2/c1-12(2,6-11(15)16)9-14(3)8-10-4-5-13-7-10/h4-5,7,13H,6,8-9H2,1-3H3,(H,15,16). The van der Waals surface area contributed by atoms with Crippen LogP contribution >= 0.6 is 0 Å². The zero-order chi connectivity index (χ0) is 12.2. The fraction of sp³-hybridized carbons (Fsp3) is 0.583. The summed E-state index contributed by atoms with van der Waals surface area (Å²) < 4.78 is 0. The molecule has 0 saturated heterocycles. The van der Waals surface area contributed by atoms with E-state index in [1.807, 2.05) is 39.4 Å².